The minimum absolute atomic E-state index is 0.679. The summed E-state index contributed by atoms with van der Waals surface area (Å²) in [6.45, 7) is 2.03. The summed E-state index contributed by atoms with van der Waals surface area (Å²) in [5.41, 5.74) is 15.3. The number of aromatic nitrogens is 4. The van der Waals surface area contributed by atoms with Crippen LogP contribution in [0, 0.1) is 6.92 Å². The van der Waals surface area contributed by atoms with Crippen LogP contribution in [0.2, 0.25) is 0 Å². The number of hydrogen-bond donors (Lipinski definition) is 1. The molecular weight excluding hydrogens is 398 g/mol. The van der Waals surface area contributed by atoms with E-state index in [1.165, 1.54) is 5.56 Å². The third-order valence-corrected chi connectivity index (χ3v) is 6.37. The molecule has 6 rings (SSSR count). The number of para-hydroxylation sites is 1. The minimum Gasteiger partial charge on any atom is -0.497 e. The second-order valence-corrected chi connectivity index (χ2v) is 8.25. The number of ether oxygens (including phenoxy) is 1. The molecule has 1 aliphatic carbocycles. The van der Waals surface area contributed by atoms with E-state index in [2.05, 4.69) is 12.1 Å². The number of nitrogens with two attached hydrogens (primary N) is 1. The number of nitrogen functional groups attached to an aromatic ring is 1. The van der Waals surface area contributed by atoms with Crippen molar-refractivity contribution in [3.05, 3.63) is 71.5 Å². The summed E-state index contributed by atoms with van der Waals surface area (Å²) in [4.78, 5) is 9.99. The van der Waals surface area contributed by atoms with E-state index < -0.39 is 0 Å². The first-order chi connectivity index (χ1) is 15.7. The Hall–Kier alpha value is -3.93. The number of hydrogen-bond acceptors (Lipinski definition) is 5. The van der Waals surface area contributed by atoms with Gasteiger partial charge in [-0.15, -0.1) is 0 Å². The van der Waals surface area contributed by atoms with Crippen LogP contribution < -0.4 is 10.5 Å². The molecule has 3 heterocycles. The summed E-state index contributed by atoms with van der Waals surface area (Å²) in [6, 6.07) is 18.2. The summed E-state index contributed by atoms with van der Waals surface area (Å²) in [6.07, 6.45) is 2.99. The molecule has 0 aliphatic heterocycles. The van der Waals surface area contributed by atoms with Crippen LogP contribution >= 0.6 is 0 Å². The Morgan fingerprint density at radius 2 is 1.72 bits per heavy atom. The van der Waals surface area contributed by atoms with Crippen LogP contribution in [0.3, 0.4) is 0 Å². The van der Waals surface area contributed by atoms with E-state index in [0.717, 1.165) is 75.3 Å². The zero-order chi connectivity index (χ0) is 21.8. The topological polar surface area (TPSA) is 78.8 Å². The first-order valence-electron chi connectivity index (χ1n) is 10.9. The van der Waals surface area contributed by atoms with Gasteiger partial charge in [0.1, 0.15) is 5.75 Å². The highest BCUT2D eigenvalue weighted by atomic mass is 16.5. The van der Waals surface area contributed by atoms with Crippen LogP contribution in [0.15, 0.2) is 54.6 Å². The van der Waals surface area contributed by atoms with E-state index in [1.807, 2.05) is 54.1 Å². The van der Waals surface area contributed by atoms with Gasteiger partial charge in [0.2, 0.25) is 0 Å². The number of aryl methyl sites for hydroxylation is 2. The lowest BCUT2D eigenvalue weighted by atomic mass is 9.95. The van der Waals surface area contributed by atoms with Gasteiger partial charge in [-0.1, -0.05) is 30.3 Å². The maximum Gasteiger partial charge on any atom is 0.166 e. The van der Waals surface area contributed by atoms with Gasteiger partial charge in [0.05, 0.1) is 29.3 Å². The number of nitrogens with zero attached hydrogens (tertiary/aromatic N) is 4. The Morgan fingerprint density at radius 1 is 0.938 bits per heavy atom. The first kappa shape index (κ1) is 18.8. The molecule has 0 spiro atoms. The predicted octanol–water partition coefficient (Wildman–Crippen LogP) is 5.02. The smallest absolute Gasteiger partial charge is 0.166 e. The highest BCUT2D eigenvalue weighted by molar-refractivity contribution is 6.13. The molecule has 3 aromatic heterocycles. The maximum absolute atomic E-state index is 6.79. The predicted molar refractivity (Wildman–Crippen MR) is 127 cm³/mol. The lowest BCUT2D eigenvalue weighted by molar-refractivity contribution is 0.415. The molecule has 0 bridgehead atoms. The molecule has 5 aromatic rings. The monoisotopic (exact) mass is 421 g/mol. The van der Waals surface area contributed by atoms with Crippen LogP contribution in [0.4, 0.5) is 5.69 Å². The molecule has 0 atom stereocenters. The molecular formula is C26H23N5O. The van der Waals surface area contributed by atoms with Crippen LogP contribution in [-0.4, -0.2) is 26.9 Å². The zero-order valence-electron chi connectivity index (χ0n) is 18.1. The minimum atomic E-state index is 0.679. The summed E-state index contributed by atoms with van der Waals surface area (Å²) >= 11 is 0. The van der Waals surface area contributed by atoms with Gasteiger partial charge in [-0.3, -0.25) is 0 Å². The summed E-state index contributed by atoms with van der Waals surface area (Å²) in [7, 11) is 1.67. The number of rotatable bonds is 3. The van der Waals surface area contributed by atoms with Gasteiger partial charge < -0.3 is 10.5 Å². The Bertz CT molecular complexity index is 1490. The molecule has 158 valence electrons. The molecule has 1 aliphatic rings. The number of benzene rings is 2. The highest BCUT2D eigenvalue weighted by Crippen LogP contribution is 2.42. The lowest BCUT2D eigenvalue weighted by Gasteiger charge is -2.15. The molecule has 0 fully saturated rings. The van der Waals surface area contributed by atoms with Gasteiger partial charge in [0, 0.05) is 16.9 Å². The van der Waals surface area contributed by atoms with E-state index >= 15 is 0 Å². The fraction of sp³-hybridized carbons (Fsp3) is 0.192. The third kappa shape index (κ3) is 2.69. The molecule has 2 N–H and O–H groups in total. The van der Waals surface area contributed by atoms with Gasteiger partial charge in [0.15, 0.2) is 11.3 Å². The molecule has 0 saturated heterocycles. The van der Waals surface area contributed by atoms with E-state index in [1.54, 1.807) is 7.11 Å². The standard InChI is InChI=1S/C26H23N5O/c1-15-21-22(16-11-13-18(32-2)14-12-16)23-24(27)19-9-6-10-20(19)28-25(23)29-26(21)31(30-15)17-7-4-3-5-8-17/h3-5,7-8,11-14H,6,9-10H2,1-2H3,(H2,27,28,29). The molecule has 32 heavy (non-hydrogen) atoms. The van der Waals surface area contributed by atoms with Crippen molar-refractivity contribution in [1.29, 1.82) is 0 Å². The molecule has 6 heteroatoms. The van der Waals surface area contributed by atoms with Gasteiger partial charge in [-0.05, 0) is 61.6 Å². The van der Waals surface area contributed by atoms with Crippen molar-refractivity contribution >= 4 is 27.8 Å². The van der Waals surface area contributed by atoms with E-state index in [9.17, 15) is 0 Å². The van der Waals surface area contributed by atoms with Crippen molar-refractivity contribution in [2.24, 2.45) is 0 Å². The largest absolute Gasteiger partial charge is 0.497 e. The molecule has 2 aromatic carbocycles. The second-order valence-electron chi connectivity index (χ2n) is 8.25. The second kappa shape index (κ2) is 7.05. The molecule has 0 unspecified atom stereocenters. The highest BCUT2D eigenvalue weighted by Gasteiger charge is 2.25. The average Bonchev–Trinajstić information content (AvgIpc) is 3.43. The molecule has 0 amide bonds. The molecule has 0 radical (unpaired) electrons. The van der Waals surface area contributed by atoms with E-state index in [-0.39, 0.29) is 0 Å². The maximum atomic E-state index is 6.79. The Morgan fingerprint density at radius 3 is 2.47 bits per heavy atom. The number of pyridine rings is 2. The van der Waals surface area contributed by atoms with Crippen molar-refractivity contribution in [3.8, 4) is 22.6 Å². The Balaban J connectivity index is 1.77. The van der Waals surface area contributed by atoms with Crippen molar-refractivity contribution < 1.29 is 4.74 Å². The van der Waals surface area contributed by atoms with Gasteiger partial charge in [0.25, 0.3) is 0 Å². The first-order valence-corrected chi connectivity index (χ1v) is 10.9. The fourth-order valence-corrected chi connectivity index (χ4v) is 4.86. The van der Waals surface area contributed by atoms with E-state index in [4.69, 9.17) is 25.5 Å². The average molecular weight is 422 g/mol. The van der Waals surface area contributed by atoms with Crippen molar-refractivity contribution in [2.75, 3.05) is 12.8 Å². The number of fused-ring (bicyclic) bond motifs is 3. The summed E-state index contributed by atoms with van der Waals surface area (Å²) in [5.74, 6) is 0.812. The molecule has 0 saturated carbocycles. The number of methoxy groups -OCH3 is 1. The van der Waals surface area contributed by atoms with Gasteiger partial charge in [-0.25, -0.2) is 14.6 Å². The number of anilines is 1. The fourth-order valence-electron chi connectivity index (χ4n) is 4.86. The van der Waals surface area contributed by atoms with Crippen molar-refractivity contribution in [2.45, 2.75) is 26.2 Å². The summed E-state index contributed by atoms with van der Waals surface area (Å²) in [5, 5.41) is 6.79. The third-order valence-electron chi connectivity index (χ3n) is 6.37. The Kier molecular flexibility index (Phi) is 4.15. The van der Waals surface area contributed by atoms with Crippen molar-refractivity contribution in [1.82, 2.24) is 19.7 Å². The SMILES string of the molecule is COc1ccc(-c2c3c(N)c4c(nc3nc3c2c(C)nn3-c2ccccc2)CCC4)cc1. The summed E-state index contributed by atoms with van der Waals surface area (Å²) < 4.78 is 7.29. The van der Waals surface area contributed by atoms with Gasteiger partial charge in [-0.2, -0.15) is 5.10 Å². The zero-order valence-corrected chi connectivity index (χ0v) is 18.1. The normalized spacial score (nSPS) is 13.1. The van der Waals surface area contributed by atoms with E-state index in [0.29, 0.717) is 5.65 Å². The molecule has 6 nitrogen and oxygen atoms in total. The lowest BCUT2D eigenvalue weighted by Crippen LogP contribution is -2.03. The van der Waals surface area contributed by atoms with Crippen LogP contribution in [0.5, 0.6) is 5.75 Å². The Labute approximate surface area is 185 Å². The van der Waals surface area contributed by atoms with Crippen LogP contribution in [-0.2, 0) is 12.8 Å². The van der Waals surface area contributed by atoms with Crippen LogP contribution in [0.1, 0.15) is 23.4 Å². The van der Waals surface area contributed by atoms with Crippen molar-refractivity contribution in [3.63, 3.8) is 0 Å². The van der Waals surface area contributed by atoms with Crippen LogP contribution in [0.25, 0.3) is 38.9 Å². The quantitative estimate of drug-likeness (QED) is 0.442. The van der Waals surface area contributed by atoms with Gasteiger partial charge >= 0.3 is 0 Å².